The molecule has 2 amide bonds. The molecular weight excluding hydrogens is 308 g/mol. The van der Waals surface area contributed by atoms with Crippen molar-refractivity contribution in [1.82, 2.24) is 5.32 Å². The van der Waals surface area contributed by atoms with Crippen molar-refractivity contribution < 1.29 is 9.59 Å². The van der Waals surface area contributed by atoms with E-state index < -0.39 is 0 Å². The fourth-order valence-electron chi connectivity index (χ4n) is 2.05. The molecule has 2 aromatic rings. The molecule has 0 fully saturated rings. The third-order valence-electron chi connectivity index (χ3n) is 3.36. The fourth-order valence-corrected chi connectivity index (χ4v) is 2.98. The highest BCUT2D eigenvalue weighted by molar-refractivity contribution is 8.00. The van der Waals surface area contributed by atoms with E-state index in [4.69, 9.17) is 0 Å². The molecule has 2 aromatic carbocycles. The number of hydrogen-bond donors (Lipinski definition) is 2. The summed E-state index contributed by atoms with van der Waals surface area (Å²) in [7, 11) is 1.59. The first kappa shape index (κ1) is 17.1. The zero-order valence-electron chi connectivity index (χ0n) is 13.5. The molecule has 4 nitrogen and oxygen atoms in total. The third-order valence-corrected chi connectivity index (χ3v) is 4.52. The Bertz CT molecular complexity index is 711. The number of nitrogens with one attached hydrogen (secondary N) is 2. The van der Waals surface area contributed by atoms with Crippen LogP contribution in [0, 0.1) is 13.8 Å². The van der Waals surface area contributed by atoms with Gasteiger partial charge in [0.1, 0.15) is 0 Å². The Labute approximate surface area is 140 Å². The SMILES string of the molecule is CNC(=O)c1ccc(NC(=O)CSc2cc(C)ccc2C)cc1. The van der Waals surface area contributed by atoms with Crippen LogP contribution in [0.2, 0.25) is 0 Å². The molecule has 0 spiro atoms. The van der Waals surface area contributed by atoms with E-state index in [9.17, 15) is 9.59 Å². The van der Waals surface area contributed by atoms with Gasteiger partial charge in [-0.2, -0.15) is 0 Å². The van der Waals surface area contributed by atoms with Crippen molar-refractivity contribution >= 4 is 29.3 Å². The van der Waals surface area contributed by atoms with E-state index >= 15 is 0 Å². The lowest BCUT2D eigenvalue weighted by molar-refractivity contribution is -0.113. The van der Waals surface area contributed by atoms with E-state index in [0.29, 0.717) is 17.0 Å². The highest BCUT2D eigenvalue weighted by atomic mass is 32.2. The van der Waals surface area contributed by atoms with Gasteiger partial charge in [0, 0.05) is 23.2 Å². The number of hydrogen-bond acceptors (Lipinski definition) is 3. The van der Waals surface area contributed by atoms with Crippen molar-refractivity contribution in [2.24, 2.45) is 0 Å². The number of rotatable bonds is 5. The molecule has 23 heavy (non-hydrogen) atoms. The Morgan fingerprint density at radius 3 is 2.39 bits per heavy atom. The van der Waals surface area contributed by atoms with Crippen LogP contribution in [0.4, 0.5) is 5.69 Å². The molecule has 2 rings (SSSR count). The van der Waals surface area contributed by atoms with E-state index in [1.807, 2.05) is 13.8 Å². The number of carbonyl (C=O) groups is 2. The summed E-state index contributed by atoms with van der Waals surface area (Å²) in [4.78, 5) is 24.6. The highest BCUT2D eigenvalue weighted by Gasteiger charge is 2.07. The molecule has 0 atom stereocenters. The second kappa shape index (κ2) is 7.83. The minimum absolute atomic E-state index is 0.0661. The van der Waals surface area contributed by atoms with Gasteiger partial charge in [-0.15, -0.1) is 11.8 Å². The van der Waals surface area contributed by atoms with Crippen LogP contribution in [0.15, 0.2) is 47.4 Å². The lowest BCUT2D eigenvalue weighted by atomic mass is 10.2. The molecular formula is C18H20N2O2S. The summed E-state index contributed by atoms with van der Waals surface area (Å²) in [6, 6.07) is 13.0. The fraction of sp³-hybridized carbons (Fsp3) is 0.222. The Hall–Kier alpha value is -2.27. The summed E-state index contributed by atoms with van der Waals surface area (Å²) in [5.41, 5.74) is 3.60. The molecule has 2 N–H and O–H groups in total. The van der Waals surface area contributed by atoms with E-state index in [1.165, 1.54) is 22.9 Å². The Balaban J connectivity index is 1.92. The zero-order valence-corrected chi connectivity index (χ0v) is 14.3. The van der Waals surface area contributed by atoms with Crippen molar-refractivity contribution in [3.63, 3.8) is 0 Å². The number of amides is 2. The van der Waals surface area contributed by atoms with Gasteiger partial charge in [-0.25, -0.2) is 0 Å². The summed E-state index contributed by atoms with van der Waals surface area (Å²) in [5.74, 6) is 0.138. The first-order valence-corrected chi connectivity index (χ1v) is 8.30. The minimum Gasteiger partial charge on any atom is -0.355 e. The smallest absolute Gasteiger partial charge is 0.251 e. The molecule has 0 aliphatic heterocycles. The second-order valence-corrected chi connectivity index (χ2v) is 6.28. The second-order valence-electron chi connectivity index (χ2n) is 5.26. The van der Waals surface area contributed by atoms with E-state index in [1.54, 1.807) is 31.3 Å². The van der Waals surface area contributed by atoms with Crippen LogP contribution in [0.1, 0.15) is 21.5 Å². The average Bonchev–Trinajstić information content (AvgIpc) is 2.55. The van der Waals surface area contributed by atoms with Crippen LogP contribution in [-0.4, -0.2) is 24.6 Å². The molecule has 0 heterocycles. The largest absolute Gasteiger partial charge is 0.355 e. The predicted molar refractivity (Wildman–Crippen MR) is 95.1 cm³/mol. The maximum atomic E-state index is 12.0. The van der Waals surface area contributed by atoms with Crippen molar-refractivity contribution in [1.29, 1.82) is 0 Å². The van der Waals surface area contributed by atoms with Crippen LogP contribution in [0.5, 0.6) is 0 Å². The quantitative estimate of drug-likeness (QED) is 0.827. The van der Waals surface area contributed by atoms with E-state index in [-0.39, 0.29) is 11.8 Å². The molecule has 0 aliphatic rings. The first-order chi connectivity index (χ1) is 11.0. The maximum absolute atomic E-state index is 12.0. The van der Waals surface area contributed by atoms with Crippen LogP contribution in [-0.2, 0) is 4.79 Å². The number of anilines is 1. The van der Waals surface area contributed by atoms with Gasteiger partial charge in [-0.1, -0.05) is 17.7 Å². The van der Waals surface area contributed by atoms with Gasteiger partial charge < -0.3 is 10.6 Å². The Morgan fingerprint density at radius 2 is 1.74 bits per heavy atom. The topological polar surface area (TPSA) is 58.2 Å². The van der Waals surface area contributed by atoms with Gasteiger partial charge in [0.15, 0.2) is 0 Å². The third kappa shape index (κ3) is 4.86. The Kier molecular flexibility index (Phi) is 5.82. The lowest BCUT2D eigenvalue weighted by Crippen LogP contribution is -2.18. The van der Waals surface area contributed by atoms with E-state index in [0.717, 1.165) is 4.90 Å². The van der Waals surface area contributed by atoms with Crippen molar-refractivity contribution in [3.05, 3.63) is 59.2 Å². The van der Waals surface area contributed by atoms with Gasteiger partial charge in [0.05, 0.1) is 5.75 Å². The van der Waals surface area contributed by atoms with Crippen molar-refractivity contribution in [3.8, 4) is 0 Å². The molecule has 0 saturated carbocycles. The van der Waals surface area contributed by atoms with Gasteiger partial charge in [-0.05, 0) is 49.7 Å². The summed E-state index contributed by atoms with van der Waals surface area (Å²) in [6.07, 6.45) is 0. The van der Waals surface area contributed by atoms with Crippen LogP contribution < -0.4 is 10.6 Å². The standard InChI is InChI=1S/C18H20N2O2S/c1-12-4-5-13(2)16(10-12)23-11-17(21)20-15-8-6-14(7-9-15)18(22)19-3/h4-10H,11H2,1-3H3,(H,19,22)(H,20,21). The molecule has 0 aromatic heterocycles. The predicted octanol–water partition coefficient (Wildman–Crippen LogP) is 3.39. The van der Waals surface area contributed by atoms with Crippen LogP contribution in [0.3, 0.4) is 0 Å². The first-order valence-electron chi connectivity index (χ1n) is 7.31. The maximum Gasteiger partial charge on any atom is 0.251 e. The highest BCUT2D eigenvalue weighted by Crippen LogP contribution is 2.23. The summed E-state index contributed by atoms with van der Waals surface area (Å²) in [6.45, 7) is 4.08. The number of carbonyl (C=O) groups excluding carboxylic acids is 2. The number of aryl methyl sites for hydroxylation is 2. The molecule has 0 aliphatic carbocycles. The molecule has 0 bridgehead atoms. The van der Waals surface area contributed by atoms with Gasteiger partial charge in [0.25, 0.3) is 5.91 Å². The zero-order chi connectivity index (χ0) is 16.8. The molecule has 0 radical (unpaired) electrons. The van der Waals surface area contributed by atoms with Crippen LogP contribution >= 0.6 is 11.8 Å². The average molecular weight is 328 g/mol. The molecule has 120 valence electrons. The van der Waals surface area contributed by atoms with Crippen molar-refractivity contribution in [2.45, 2.75) is 18.7 Å². The van der Waals surface area contributed by atoms with Crippen molar-refractivity contribution in [2.75, 3.05) is 18.1 Å². The van der Waals surface area contributed by atoms with Gasteiger partial charge >= 0.3 is 0 Å². The van der Waals surface area contributed by atoms with Gasteiger partial charge in [-0.3, -0.25) is 9.59 Å². The lowest BCUT2D eigenvalue weighted by Gasteiger charge is -2.08. The number of benzene rings is 2. The Morgan fingerprint density at radius 1 is 1.04 bits per heavy atom. The monoisotopic (exact) mass is 328 g/mol. The summed E-state index contributed by atoms with van der Waals surface area (Å²) in [5, 5.41) is 5.40. The summed E-state index contributed by atoms with van der Waals surface area (Å²) >= 11 is 1.52. The molecule has 0 unspecified atom stereocenters. The minimum atomic E-state index is -0.145. The number of thioether (sulfide) groups is 1. The van der Waals surface area contributed by atoms with Gasteiger partial charge in [0.2, 0.25) is 5.91 Å². The summed E-state index contributed by atoms with van der Waals surface area (Å²) < 4.78 is 0. The molecule has 5 heteroatoms. The molecule has 0 saturated heterocycles. The van der Waals surface area contributed by atoms with Crippen LogP contribution in [0.25, 0.3) is 0 Å². The normalized spacial score (nSPS) is 10.2. The van der Waals surface area contributed by atoms with E-state index in [2.05, 4.69) is 28.8 Å².